The van der Waals surface area contributed by atoms with Crippen molar-refractivity contribution in [3.8, 4) is 0 Å². The molecule has 0 saturated carbocycles. The summed E-state index contributed by atoms with van der Waals surface area (Å²) in [7, 11) is 0. The Hall–Kier alpha value is 0.830. The van der Waals surface area contributed by atoms with E-state index in [1.807, 2.05) is 0 Å². The van der Waals surface area contributed by atoms with E-state index in [-0.39, 0.29) is 0 Å². The molecule has 0 aromatic heterocycles. The van der Waals surface area contributed by atoms with E-state index in [1.54, 1.807) is 0 Å². The van der Waals surface area contributed by atoms with Gasteiger partial charge < -0.3 is 0 Å². The van der Waals surface area contributed by atoms with E-state index in [9.17, 15) is 0 Å². The maximum Gasteiger partial charge on any atom is 0.00313 e. The van der Waals surface area contributed by atoms with Crippen molar-refractivity contribution in [1.82, 2.24) is 0 Å². The molecule has 0 aromatic rings. The maximum absolute atomic E-state index is 3.47. The third kappa shape index (κ3) is 14.8. The van der Waals surface area contributed by atoms with Crippen molar-refractivity contribution in [1.29, 1.82) is 0 Å². The van der Waals surface area contributed by atoms with E-state index in [1.165, 1.54) is 61.8 Å². The minimum absolute atomic E-state index is 0.860. The van der Waals surface area contributed by atoms with Gasteiger partial charge in [0, 0.05) is 5.33 Å². The summed E-state index contributed by atoms with van der Waals surface area (Å²) in [6.07, 6.45) is 9.96. The van der Waals surface area contributed by atoms with E-state index in [4.69, 9.17) is 0 Å². The Labute approximate surface area is 109 Å². The molecule has 0 unspecified atom stereocenters. The van der Waals surface area contributed by atoms with Gasteiger partial charge in [-0.25, -0.2) is 0 Å². The number of unbranched alkanes of at least 4 members (excludes halogenated alkanes) is 6. The van der Waals surface area contributed by atoms with Gasteiger partial charge in [0.2, 0.25) is 0 Å². The Morgan fingerprint density at radius 3 is 1.93 bits per heavy atom. The first-order valence-corrected chi connectivity index (χ1v) is 8.68. The zero-order chi connectivity index (χ0) is 11.4. The number of rotatable bonds is 11. The summed E-state index contributed by atoms with van der Waals surface area (Å²) in [4.78, 5) is 0. The van der Waals surface area contributed by atoms with Crippen LogP contribution in [0.1, 0.15) is 58.8 Å². The second kappa shape index (κ2) is 12.9. The molecule has 92 valence electrons. The number of thioether (sulfide) groups is 1. The van der Waals surface area contributed by atoms with Crippen LogP contribution in [0.5, 0.6) is 0 Å². The van der Waals surface area contributed by atoms with Crippen LogP contribution in [0, 0.1) is 5.92 Å². The average Bonchev–Trinajstić information content (AvgIpc) is 2.20. The predicted molar refractivity (Wildman–Crippen MR) is 78.3 cm³/mol. The van der Waals surface area contributed by atoms with Crippen LogP contribution in [0.3, 0.4) is 0 Å². The first-order valence-electron chi connectivity index (χ1n) is 6.41. The first kappa shape index (κ1) is 15.8. The van der Waals surface area contributed by atoms with Gasteiger partial charge >= 0.3 is 0 Å². The van der Waals surface area contributed by atoms with Crippen LogP contribution < -0.4 is 0 Å². The lowest BCUT2D eigenvalue weighted by Crippen LogP contribution is -1.92. The average molecular weight is 295 g/mol. The molecule has 0 rings (SSSR count). The summed E-state index contributed by atoms with van der Waals surface area (Å²) < 4.78 is 0. The van der Waals surface area contributed by atoms with Crippen LogP contribution in [0.2, 0.25) is 0 Å². The van der Waals surface area contributed by atoms with Gasteiger partial charge in [-0.3, -0.25) is 0 Å². The maximum atomic E-state index is 3.47. The molecule has 15 heavy (non-hydrogen) atoms. The van der Waals surface area contributed by atoms with Crippen LogP contribution in [0.25, 0.3) is 0 Å². The van der Waals surface area contributed by atoms with E-state index in [2.05, 4.69) is 41.5 Å². The third-order valence-electron chi connectivity index (χ3n) is 2.37. The van der Waals surface area contributed by atoms with Crippen molar-refractivity contribution in [2.75, 3.05) is 16.8 Å². The van der Waals surface area contributed by atoms with Crippen LogP contribution in [-0.2, 0) is 0 Å². The van der Waals surface area contributed by atoms with Crippen LogP contribution in [-0.4, -0.2) is 16.8 Å². The zero-order valence-electron chi connectivity index (χ0n) is 10.4. The molecule has 0 spiro atoms. The predicted octanol–water partition coefficient (Wildman–Crippen LogP) is 5.50. The molecule has 0 aliphatic heterocycles. The summed E-state index contributed by atoms with van der Waals surface area (Å²) in [5.41, 5.74) is 0. The Morgan fingerprint density at radius 2 is 1.40 bits per heavy atom. The monoisotopic (exact) mass is 294 g/mol. The Bertz CT molecular complexity index is 115. The van der Waals surface area contributed by atoms with E-state index in [0.717, 1.165) is 5.92 Å². The molecular weight excluding hydrogens is 268 g/mol. The van der Waals surface area contributed by atoms with Gasteiger partial charge in [0.05, 0.1) is 0 Å². The molecule has 0 amide bonds. The van der Waals surface area contributed by atoms with E-state index in [0.29, 0.717) is 0 Å². The highest BCUT2D eigenvalue weighted by atomic mass is 79.9. The van der Waals surface area contributed by atoms with Gasteiger partial charge in [0.15, 0.2) is 0 Å². The molecule has 0 nitrogen and oxygen atoms in total. The molecule has 2 heteroatoms. The molecule has 0 bridgehead atoms. The second-order valence-corrected chi connectivity index (χ2v) is 6.58. The Kier molecular flexibility index (Phi) is 13.6. The van der Waals surface area contributed by atoms with Gasteiger partial charge in [-0.05, 0) is 30.3 Å². The fraction of sp³-hybridized carbons (Fsp3) is 1.00. The van der Waals surface area contributed by atoms with Gasteiger partial charge in [-0.15, -0.1) is 0 Å². The van der Waals surface area contributed by atoms with Gasteiger partial charge in [0.1, 0.15) is 0 Å². The van der Waals surface area contributed by atoms with Crippen LogP contribution in [0.4, 0.5) is 0 Å². The van der Waals surface area contributed by atoms with Crippen molar-refractivity contribution in [3.63, 3.8) is 0 Å². The largest absolute Gasteiger partial charge is 0.162 e. The summed E-state index contributed by atoms with van der Waals surface area (Å²) in [5, 5.41) is 1.18. The van der Waals surface area contributed by atoms with Crippen molar-refractivity contribution in [3.05, 3.63) is 0 Å². The summed E-state index contributed by atoms with van der Waals surface area (Å²) >= 11 is 5.60. The summed E-state index contributed by atoms with van der Waals surface area (Å²) in [5.74, 6) is 3.57. The highest BCUT2D eigenvalue weighted by molar-refractivity contribution is 9.09. The second-order valence-electron chi connectivity index (χ2n) is 4.63. The standard InChI is InChI=1S/C13H27BrS/c1-13(2)12-15-11-9-7-5-3-4-6-8-10-14/h13H,3-12H2,1-2H3. The fourth-order valence-electron chi connectivity index (χ4n) is 1.50. The third-order valence-corrected chi connectivity index (χ3v) is 4.41. The van der Waals surface area contributed by atoms with Crippen molar-refractivity contribution in [2.45, 2.75) is 58.8 Å². The minimum Gasteiger partial charge on any atom is -0.162 e. The van der Waals surface area contributed by atoms with Gasteiger partial charge in [0.25, 0.3) is 0 Å². The molecule has 0 aliphatic carbocycles. The number of alkyl halides is 1. The minimum atomic E-state index is 0.860. The lowest BCUT2D eigenvalue weighted by molar-refractivity contribution is 0.605. The fourth-order valence-corrected chi connectivity index (χ4v) is 2.94. The Morgan fingerprint density at radius 1 is 0.867 bits per heavy atom. The normalized spacial score (nSPS) is 11.2. The highest BCUT2D eigenvalue weighted by Gasteiger charge is 1.95. The SMILES string of the molecule is CC(C)CSCCCCCCCCCBr. The molecule has 0 aliphatic rings. The lowest BCUT2D eigenvalue weighted by Gasteiger charge is -2.04. The molecule has 0 aromatic carbocycles. The molecule has 0 fully saturated rings. The molecular formula is C13H27BrS. The van der Waals surface area contributed by atoms with Crippen molar-refractivity contribution >= 4 is 27.7 Å². The molecule has 0 atom stereocenters. The van der Waals surface area contributed by atoms with Gasteiger partial charge in [-0.2, -0.15) is 11.8 Å². The topological polar surface area (TPSA) is 0 Å². The van der Waals surface area contributed by atoms with Crippen LogP contribution >= 0.6 is 27.7 Å². The number of hydrogen-bond donors (Lipinski definition) is 0. The number of hydrogen-bond acceptors (Lipinski definition) is 1. The zero-order valence-corrected chi connectivity index (χ0v) is 12.8. The van der Waals surface area contributed by atoms with Gasteiger partial charge in [-0.1, -0.05) is 61.9 Å². The van der Waals surface area contributed by atoms with E-state index < -0.39 is 0 Å². The Balaban J connectivity index is 2.87. The molecule has 0 N–H and O–H groups in total. The summed E-state index contributed by atoms with van der Waals surface area (Å²) in [6.45, 7) is 4.60. The summed E-state index contributed by atoms with van der Waals surface area (Å²) in [6, 6.07) is 0. The molecule has 0 radical (unpaired) electrons. The van der Waals surface area contributed by atoms with Crippen LogP contribution in [0.15, 0.2) is 0 Å². The smallest absolute Gasteiger partial charge is 0.00313 e. The number of halogens is 1. The van der Waals surface area contributed by atoms with Crippen molar-refractivity contribution in [2.24, 2.45) is 5.92 Å². The highest BCUT2D eigenvalue weighted by Crippen LogP contribution is 2.13. The molecule has 0 saturated heterocycles. The van der Waals surface area contributed by atoms with E-state index >= 15 is 0 Å². The quantitative estimate of drug-likeness (QED) is 0.358. The lowest BCUT2D eigenvalue weighted by atomic mass is 10.1. The first-order chi connectivity index (χ1) is 7.27. The van der Waals surface area contributed by atoms with Crippen molar-refractivity contribution < 1.29 is 0 Å². The molecule has 0 heterocycles.